The summed E-state index contributed by atoms with van der Waals surface area (Å²) in [7, 11) is 1.65. The zero-order valence-corrected chi connectivity index (χ0v) is 11.6. The number of halogens is 1. The van der Waals surface area contributed by atoms with Gasteiger partial charge in [-0.25, -0.2) is 0 Å². The van der Waals surface area contributed by atoms with Crippen molar-refractivity contribution in [3.05, 3.63) is 33.4 Å². The topological polar surface area (TPSA) is 29.5 Å². The summed E-state index contributed by atoms with van der Waals surface area (Å²) >= 11 is 2.29. The maximum Gasteiger partial charge on any atom is 0.0947 e. The van der Waals surface area contributed by atoms with Crippen LogP contribution in [0.5, 0.6) is 0 Å². The van der Waals surface area contributed by atoms with Gasteiger partial charge in [0.1, 0.15) is 0 Å². The van der Waals surface area contributed by atoms with Crippen LogP contribution in [0.25, 0.3) is 0 Å². The Hall–Kier alpha value is -0.130. The van der Waals surface area contributed by atoms with Crippen LogP contribution >= 0.6 is 22.6 Å². The summed E-state index contributed by atoms with van der Waals surface area (Å²) in [5.74, 6) is 0.423. The lowest BCUT2D eigenvalue weighted by Gasteiger charge is -2.27. The summed E-state index contributed by atoms with van der Waals surface area (Å²) in [6.07, 6.45) is 2.96. The molecule has 0 saturated heterocycles. The largest absolute Gasteiger partial charge is 0.387 e. The van der Waals surface area contributed by atoms with E-state index >= 15 is 0 Å². The summed E-state index contributed by atoms with van der Waals surface area (Å²) in [5, 5.41) is 10.5. The van der Waals surface area contributed by atoms with Crippen LogP contribution < -0.4 is 0 Å². The van der Waals surface area contributed by atoms with Crippen LogP contribution in [0.4, 0.5) is 0 Å². The van der Waals surface area contributed by atoms with Gasteiger partial charge < -0.3 is 9.84 Å². The second kappa shape index (κ2) is 5.02. The van der Waals surface area contributed by atoms with E-state index in [2.05, 4.69) is 46.9 Å². The van der Waals surface area contributed by atoms with Crippen molar-refractivity contribution in [3.8, 4) is 0 Å². The maximum atomic E-state index is 10.5. The highest BCUT2D eigenvalue weighted by Crippen LogP contribution is 2.41. The van der Waals surface area contributed by atoms with Crippen molar-refractivity contribution in [1.82, 2.24) is 0 Å². The third kappa shape index (κ3) is 2.96. The Morgan fingerprint density at radius 1 is 1.38 bits per heavy atom. The van der Waals surface area contributed by atoms with Crippen molar-refractivity contribution in [1.29, 1.82) is 0 Å². The predicted octanol–water partition coefficient (Wildman–Crippen LogP) is 2.62. The fourth-order valence-electron chi connectivity index (χ4n) is 2.14. The molecule has 0 aromatic heterocycles. The van der Waals surface area contributed by atoms with Crippen molar-refractivity contribution in [2.45, 2.75) is 24.9 Å². The van der Waals surface area contributed by atoms with E-state index in [4.69, 9.17) is 4.74 Å². The van der Waals surface area contributed by atoms with Gasteiger partial charge in [0.05, 0.1) is 12.2 Å². The van der Waals surface area contributed by atoms with Gasteiger partial charge in [-0.15, -0.1) is 0 Å². The van der Waals surface area contributed by atoms with Crippen LogP contribution in [0.15, 0.2) is 24.3 Å². The molecule has 1 aliphatic rings. The molecule has 1 aromatic carbocycles. The lowest BCUT2D eigenvalue weighted by molar-refractivity contribution is -0.0474. The first-order chi connectivity index (χ1) is 7.64. The second-order valence-corrected chi connectivity index (χ2v) is 5.86. The monoisotopic (exact) mass is 332 g/mol. The first kappa shape index (κ1) is 12.3. The van der Waals surface area contributed by atoms with Gasteiger partial charge in [0.15, 0.2) is 0 Å². The highest BCUT2D eigenvalue weighted by molar-refractivity contribution is 14.1. The lowest BCUT2D eigenvalue weighted by atomic mass is 9.90. The van der Waals surface area contributed by atoms with E-state index in [0.29, 0.717) is 18.9 Å². The Morgan fingerprint density at radius 3 is 2.50 bits per heavy atom. The standard InChI is InChI=1S/C13H17IO2/c1-16-9-13(15,11-4-5-11)8-10-2-6-12(14)7-3-10/h2-3,6-7,11,15H,4-5,8-9H2,1H3. The maximum absolute atomic E-state index is 10.5. The first-order valence-electron chi connectivity index (χ1n) is 5.60. The van der Waals surface area contributed by atoms with Crippen molar-refractivity contribution < 1.29 is 9.84 Å². The number of methoxy groups -OCH3 is 1. The van der Waals surface area contributed by atoms with Crippen LogP contribution in [0.3, 0.4) is 0 Å². The van der Waals surface area contributed by atoms with Crippen molar-refractivity contribution in [3.63, 3.8) is 0 Å². The summed E-state index contributed by atoms with van der Waals surface area (Å²) < 4.78 is 6.38. The highest BCUT2D eigenvalue weighted by Gasteiger charge is 2.43. The minimum Gasteiger partial charge on any atom is -0.387 e. The fourth-order valence-corrected chi connectivity index (χ4v) is 2.50. The molecule has 88 valence electrons. The van der Waals surface area contributed by atoms with Gasteiger partial charge in [0, 0.05) is 17.1 Å². The Bertz CT molecular complexity index is 345. The molecule has 3 heteroatoms. The predicted molar refractivity (Wildman–Crippen MR) is 72.4 cm³/mol. The Morgan fingerprint density at radius 2 is 2.00 bits per heavy atom. The number of rotatable bonds is 5. The number of hydrogen-bond donors (Lipinski definition) is 1. The summed E-state index contributed by atoms with van der Waals surface area (Å²) in [4.78, 5) is 0. The van der Waals surface area contributed by atoms with Gasteiger partial charge in [-0.1, -0.05) is 12.1 Å². The van der Waals surface area contributed by atoms with Gasteiger partial charge in [0.2, 0.25) is 0 Å². The van der Waals surface area contributed by atoms with E-state index in [9.17, 15) is 5.11 Å². The number of benzene rings is 1. The van der Waals surface area contributed by atoms with Crippen LogP contribution in [-0.4, -0.2) is 24.4 Å². The minimum atomic E-state index is -0.665. The number of hydrogen-bond acceptors (Lipinski definition) is 2. The molecule has 1 aromatic rings. The molecular weight excluding hydrogens is 315 g/mol. The van der Waals surface area contributed by atoms with E-state index in [0.717, 1.165) is 12.8 Å². The number of ether oxygens (including phenoxy) is 1. The third-order valence-corrected chi connectivity index (χ3v) is 3.87. The average molecular weight is 332 g/mol. The second-order valence-electron chi connectivity index (χ2n) is 4.61. The van der Waals surface area contributed by atoms with Crippen molar-refractivity contribution in [2.24, 2.45) is 5.92 Å². The Labute approximate surface area is 110 Å². The summed E-state index contributed by atoms with van der Waals surface area (Å²) in [6.45, 7) is 0.434. The molecule has 0 bridgehead atoms. The summed E-state index contributed by atoms with van der Waals surface area (Å²) in [6, 6.07) is 8.33. The fraction of sp³-hybridized carbons (Fsp3) is 0.538. The third-order valence-electron chi connectivity index (χ3n) is 3.16. The molecule has 0 heterocycles. The molecule has 1 N–H and O–H groups in total. The molecule has 16 heavy (non-hydrogen) atoms. The molecule has 0 spiro atoms. The van der Waals surface area contributed by atoms with Crippen molar-refractivity contribution in [2.75, 3.05) is 13.7 Å². The SMILES string of the molecule is COCC(O)(Cc1ccc(I)cc1)C1CC1. The minimum absolute atomic E-state index is 0.423. The first-order valence-corrected chi connectivity index (χ1v) is 6.68. The molecular formula is C13H17IO2. The molecule has 1 unspecified atom stereocenters. The zero-order chi connectivity index (χ0) is 11.6. The molecule has 1 aliphatic carbocycles. The molecule has 0 amide bonds. The highest BCUT2D eigenvalue weighted by atomic mass is 127. The summed E-state index contributed by atoms with van der Waals surface area (Å²) in [5.41, 5.74) is 0.522. The molecule has 1 fully saturated rings. The van der Waals surface area contributed by atoms with Gasteiger partial charge >= 0.3 is 0 Å². The van der Waals surface area contributed by atoms with E-state index in [1.165, 1.54) is 9.13 Å². The number of aliphatic hydroxyl groups is 1. The molecule has 0 aliphatic heterocycles. The van der Waals surface area contributed by atoms with Crippen LogP contribution in [0, 0.1) is 9.49 Å². The molecule has 2 nitrogen and oxygen atoms in total. The van der Waals surface area contributed by atoms with Gasteiger partial charge in [-0.2, -0.15) is 0 Å². The Kier molecular flexibility index (Phi) is 3.87. The smallest absolute Gasteiger partial charge is 0.0947 e. The van der Waals surface area contributed by atoms with Gasteiger partial charge in [-0.3, -0.25) is 0 Å². The zero-order valence-electron chi connectivity index (χ0n) is 9.45. The lowest BCUT2D eigenvalue weighted by Crippen LogP contribution is -2.39. The normalized spacial score (nSPS) is 19.4. The average Bonchev–Trinajstić information content (AvgIpc) is 3.05. The van der Waals surface area contributed by atoms with E-state index in [-0.39, 0.29) is 0 Å². The molecule has 0 radical (unpaired) electrons. The van der Waals surface area contributed by atoms with Crippen LogP contribution in [0.2, 0.25) is 0 Å². The van der Waals surface area contributed by atoms with Crippen molar-refractivity contribution >= 4 is 22.6 Å². The van der Waals surface area contributed by atoms with E-state index < -0.39 is 5.60 Å². The van der Waals surface area contributed by atoms with Gasteiger partial charge in [-0.05, 0) is 59.0 Å². The quantitative estimate of drug-likeness (QED) is 0.840. The Balaban J connectivity index is 2.07. The van der Waals surface area contributed by atoms with E-state index in [1.807, 2.05) is 0 Å². The van der Waals surface area contributed by atoms with E-state index in [1.54, 1.807) is 7.11 Å². The molecule has 1 saturated carbocycles. The van der Waals surface area contributed by atoms with Gasteiger partial charge in [0.25, 0.3) is 0 Å². The van der Waals surface area contributed by atoms with Crippen LogP contribution in [0.1, 0.15) is 18.4 Å². The van der Waals surface area contributed by atoms with Crippen LogP contribution in [-0.2, 0) is 11.2 Å². The molecule has 1 atom stereocenters. The molecule has 2 rings (SSSR count).